The topological polar surface area (TPSA) is 29.1 Å². The SMILES string of the molecule is O=C(NCc1ccccc1F)c1cc(F)ccc1Br. The molecule has 98 valence electrons. The molecule has 0 heterocycles. The van der Waals surface area contributed by atoms with Gasteiger partial charge in [0.2, 0.25) is 0 Å². The van der Waals surface area contributed by atoms with Crippen LogP contribution >= 0.6 is 15.9 Å². The fraction of sp³-hybridized carbons (Fsp3) is 0.0714. The van der Waals surface area contributed by atoms with Gasteiger partial charge in [0, 0.05) is 16.6 Å². The third kappa shape index (κ3) is 3.38. The minimum Gasteiger partial charge on any atom is -0.348 e. The van der Waals surface area contributed by atoms with Crippen molar-refractivity contribution in [1.82, 2.24) is 5.32 Å². The van der Waals surface area contributed by atoms with Crippen LogP contribution in [0, 0.1) is 11.6 Å². The van der Waals surface area contributed by atoms with Crippen molar-refractivity contribution in [2.45, 2.75) is 6.54 Å². The summed E-state index contributed by atoms with van der Waals surface area (Å²) in [4.78, 5) is 11.9. The standard InChI is InChI=1S/C14H10BrF2NO/c15-12-6-5-10(16)7-11(12)14(19)18-8-9-3-1-2-4-13(9)17/h1-7H,8H2,(H,18,19). The lowest BCUT2D eigenvalue weighted by Gasteiger charge is -2.07. The van der Waals surface area contributed by atoms with Crippen LogP contribution in [-0.2, 0) is 6.54 Å². The van der Waals surface area contributed by atoms with Crippen molar-refractivity contribution >= 4 is 21.8 Å². The maximum Gasteiger partial charge on any atom is 0.252 e. The van der Waals surface area contributed by atoms with Gasteiger partial charge < -0.3 is 5.32 Å². The molecule has 0 bridgehead atoms. The van der Waals surface area contributed by atoms with Crippen molar-refractivity contribution in [1.29, 1.82) is 0 Å². The molecule has 1 N–H and O–H groups in total. The Morgan fingerprint density at radius 3 is 2.63 bits per heavy atom. The quantitative estimate of drug-likeness (QED) is 0.916. The molecule has 19 heavy (non-hydrogen) atoms. The molecule has 5 heteroatoms. The highest BCUT2D eigenvalue weighted by atomic mass is 79.9. The Morgan fingerprint density at radius 1 is 1.16 bits per heavy atom. The lowest BCUT2D eigenvalue weighted by atomic mass is 10.2. The van der Waals surface area contributed by atoms with Crippen LogP contribution in [0.15, 0.2) is 46.9 Å². The van der Waals surface area contributed by atoms with Gasteiger partial charge in [-0.2, -0.15) is 0 Å². The normalized spacial score (nSPS) is 10.3. The maximum absolute atomic E-state index is 13.4. The number of carbonyl (C=O) groups excluding carboxylic acids is 1. The first-order valence-corrected chi connectivity index (χ1v) is 6.34. The van der Waals surface area contributed by atoms with E-state index < -0.39 is 11.7 Å². The summed E-state index contributed by atoms with van der Waals surface area (Å²) >= 11 is 3.17. The highest BCUT2D eigenvalue weighted by Gasteiger charge is 2.11. The van der Waals surface area contributed by atoms with Crippen LogP contribution in [0.3, 0.4) is 0 Å². The molecule has 0 saturated carbocycles. The van der Waals surface area contributed by atoms with E-state index in [1.807, 2.05) is 0 Å². The van der Waals surface area contributed by atoms with Gasteiger partial charge in [0.25, 0.3) is 5.91 Å². The zero-order valence-corrected chi connectivity index (χ0v) is 11.4. The number of hydrogen-bond acceptors (Lipinski definition) is 1. The minimum absolute atomic E-state index is 0.0501. The Bertz CT molecular complexity index is 616. The Kier molecular flexibility index (Phi) is 4.27. The van der Waals surface area contributed by atoms with Crippen LogP contribution in [0.1, 0.15) is 15.9 Å². The molecule has 2 aromatic rings. The van der Waals surface area contributed by atoms with Crippen LogP contribution in [0.5, 0.6) is 0 Å². The molecule has 0 aliphatic rings. The van der Waals surface area contributed by atoms with Gasteiger partial charge in [0.15, 0.2) is 0 Å². The number of nitrogens with one attached hydrogen (secondary N) is 1. The second-order valence-electron chi connectivity index (χ2n) is 3.90. The van der Waals surface area contributed by atoms with E-state index >= 15 is 0 Å². The third-order valence-electron chi connectivity index (χ3n) is 2.57. The molecule has 2 nitrogen and oxygen atoms in total. The Labute approximate surface area is 117 Å². The lowest BCUT2D eigenvalue weighted by Crippen LogP contribution is -2.23. The van der Waals surface area contributed by atoms with E-state index in [0.29, 0.717) is 10.0 Å². The molecule has 1 amide bonds. The van der Waals surface area contributed by atoms with Crippen LogP contribution in [-0.4, -0.2) is 5.91 Å². The molecule has 0 unspecified atom stereocenters. The predicted molar refractivity (Wildman–Crippen MR) is 71.7 cm³/mol. The summed E-state index contributed by atoms with van der Waals surface area (Å²) in [5.41, 5.74) is 0.555. The Hall–Kier alpha value is -1.75. The Balaban J connectivity index is 2.10. The van der Waals surface area contributed by atoms with E-state index in [1.165, 1.54) is 18.2 Å². The second-order valence-corrected chi connectivity index (χ2v) is 4.75. The van der Waals surface area contributed by atoms with Crippen LogP contribution in [0.2, 0.25) is 0 Å². The van der Waals surface area contributed by atoms with E-state index in [0.717, 1.165) is 6.07 Å². The molecule has 2 aromatic carbocycles. The molecule has 0 aliphatic carbocycles. The Morgan fingerprint density at radius 2 is 1.89 bits per heavy atom. The third-order valence-corrected chi connectivity index (χ3v) is 3.26. The second kappa shape index (κ2) is 5.93. The number of amides is 1. The molecule has 0 saturated heterocycles. The monoisotopic (exact) mass is 325 g/mol. The summed E-state index contributed by atoms with van der Waals surface area (Å²) in [6, 6.07) is 9.98. The summed E-state index contributed by atoms with van der Waals surface area (Å²) in [5.74, 6) is -1.35. The lowest BCUT2D eigenvalue weighted by molar-refractivity contribution is 0.0949. The van der Waals surface area contributed by atoms with E-state index in [2.05, 4.69) is 21.2 Å². The number of benzene rings is 2. The fourth-order valence-electron chi connectivity index (χ4n) is 1.58. The maximum atomic E-state index is 13.4. The average molecular weight is 326 g/mol. The van der Waals surface area contributed by atoms with Crippen molar-refractivity contribution < 1.29 is 13.6 Å². The van der Waals surface area contributed by atoms with Crippen LogP contribution < -0.4 is 5.32 Å². The van der Waals surface area contributed by atoms with E-state index in [9.17, 15) is 13.6 Å². The van der Waals surface area contributed by atoms with Crippen molar-refractivity contribution in [3.8, 4) is 0 Å². The van der Waals surface area contributed by atoms with Crippen LogP contribution in [0.25, 0.3) is 0 Å². The molecule has 0 aromatic heterocycles. The summed E-state index contributed by atoms with van der Waals surface area (Å²) in [7, 11) is 0. The molecule has 2 rings (SSSR count). The minimum atomic E-state index is -0.501. The number of carbonyl (C=O) groups is 1. The van der Waals surface area contributed by atoms with E-state index in [-0.39, 0.29) is 17.9 Å². The molecular weight excluding hydrogens is 316 g/mol. The van der Waals surface area contributed by atoms with Gasteiger partial charge in [-0.1, -0.05) is 18.2 Å². The molecule has 0 atom stereocenters. The van der Waals surface area contributed by atoms with E-state index in [4.69, 9.17) is 0 Å². The molecule has 0 fully saturated rings. The summed E-state index contributed by atoms with van der Waals surface area (Å²) in [6.45, 7) is 0.0501. The molecular formula is C14H10BrF2NO. The predicted octanol–water partition coefficient (Wildman–Crippen LogP) is 3.66. The first-order chi connectivity index (χ1) is 9.08. The summed E-state index contributed by atoms with van der Waals surface area (Å²) in [5, 5.41) is 2.55. The van der Waals surface area contributed by atoms with Gasteiger partial charge in [-0.3, -0.25) is 4.79 Å². The number of halogens is 3. The van der Waals surface area contributed by atoms with Gasteiger partial charge in [-0.05, 0) is 40.2 Å². The van der Waals surface area contributed by atoms with Crippen molar-refractivity contribution in [3.05, 3.63) is 69.7 Å². The summed E-state index contributed by atoms with van der Waals surface area (Å²) < 4.78 is 26.9. The molecule has 0 spiro atoms. The number of rotatable bonds is 3. The van der Waals surface area contributed by atoms with Gasteiger partial charge in [-0.25, -0.2) is 8.78 Å². The van der Waals surface area contributed by atoms with Gasteiger partial charge in [0.1, 0.15) is 11.6 Å². The molecule has 0 aliphatic heterocycles. The highest BCUT2D eigenvalue weighted by Crippen LogP contribution is 2.18. The van der Waals surface area contributed by atoms with Gasteiger partial charge in [-0.15, -0.1) is 0 Å². The molecule has 0 radical (unpaired) electrons. The highest BCUT2D eigenvalue weighted by molar-refractivity contribution is 9.10. The van der Waals surface area contributed by atoms with E-state index in [1.54, 1.807) is 18.2 Å². The first kappa shape index (κ1) is 13.7. The fourth-order valence-corrected chi connectivity index (χ4v) is 2.01. The van der Waals surface area contributed by atoms with Gasteiger partial charge in [0.05, 0.1) is 5.56 Å². The largest absolute Gasteiger partial charge is 0.348 e. The van der Waals surface area contributed by atoms with Crippen molar-refractivity contribution in [2.24, 2.45) is 0 Å². The first-order valence-electron chi connectivity index (χ1n) is 5.54. The average Bonchev–Trinajstić information content (AvgIpc) is 2.40. The smallest absolute Gasteiger partial charge is 0.252 e. The zero-order valence-electron chi connectivity index (χ0n) is 9.79. The number of hydrogen-bond donors (Lipinski definition) is 1. The zero-order chi connectivity index (χ0) is 13.8. The van der Waals surface area contributed by atoms with Crippen LogP contribution in [0.4, 0.5) is 8.78 Å². The summed E-state index contributed by atoms with van der Waals surface area (Å²) in [6.07, 6.45) is 0. The van der Waals surface area contributed by atoms with Gasteiger partial charge >= 0.3 is 0 Å². The van der Waals surface area contributed by atoms with Crippen molar-refractivity contribution in [2.75, 3.05) is 0 Å². The van der Waals surface area contributed by atoms with Crippen molar-refractivity contribution in [3.63, 3.8) is 0 Å².